The van der Waals surface area contributed by atoms with Gasteiger partial charge in [0.05, 0.1) is 13.0 Å². The van der Waals surface area contributed by atoms with Gasteiger partial charge in [-0.05, 0) is 26.3 Å². The number of aromatic nitrogens is 2. The Morgan fingerprint density at radius 2 is 2.17 bits per heavy atom. The Bertz CT molecular complexity index is 924. The van der Waals surface area contributed by atoms with Crippen LogP contribution in [0.3, 0.4) is 0 Å². The van der Waals surface area contributed by atoms with Gasteiger partial charge in [0.15, 0.2) is 11.2 Å². The lowest BCUT2D eigenvalue weighted by molar-refractivity contribution is -0.142. The summed E-state index contributed by atoms with van der Waals surface area (Å²) >= 11 is 1.40. The Hall–Kier alpha value is -2.47. The van der Waals surface area contributed by atoms with Gasteiger partial charge in [-0.2, -0.15) is 0 Å². The van der Waals surface area contributed by atoms with E-state index < -0.39 is 0 Å². The number of hydrogen-bond acceptors (Lipinski definition) is 5. The zero-order valence-corrected chi connectivity index (χ0v) is 14.6. The number of carbonyl (C=O) groups is 2. The number of aldehydes is 1. The van der Waals surface area contributed by atoms with E-state index in [4.69, 9.17) is 4.74 Å². The highest BCUT2D eigenvalue weighted by atomic mass is 32.1. The second kappa shape index (κ2) is 6.57. The molecule has 2 aromatic heterocycles. The summed E-state index contributed by atoms with van der Waals surface area (Å²) in [4.78, 5) is 29.4. The zero-order chi connectivity index (χ0) is 17.3. The number of hydrogen-bond donors (Lipinski definition) is 0. The summed E-state index contributed by atoms with van der Waals surface area (Å²) in [5.41, 5.74) is 4.38. The fourth-order valence-electron chi connectivity index (χ4n) is 2.73. The molecule has 0 aliphatic heterocycles. The van der Waals surface area contributed by atoms with Gasteiger partial charge in [0.1, 0.15) is 11.4 Å². The average Bonchev–Trinajstić information content (AvgIpc) is 3.04. The molecule has 0 N–H and O–H groups in total. The van der Waals surface area contributed by atoms with Gasteiger partial charge >= 0.3 is 5.97 Å². The van der Waals surface area contributed by atoms with Gasteiger partial charge < -0.3 is 4.74 Å². The molecule has 0 radical (unpaired) electrons. The Balaban J connectivity index is 2.03. The number of esters is 1. The molecule has 6 heteroatoms. The van der Waals surface area contributed by atoms with Crippen molar-refractivity contribution in [3.8, 4) is 11.3 Å². The Morgan fingerprint density at radius 3 is 2.83 bits per heavy atom. The molecule has 3 rings (SSSR count). The highest BCUT2D eigenvalue weighted by Gasteiger charge is 2.18. The third-order valence-corrected chi connectivity index (χ3v) is 4.77. The summed E-state index contributed by atoms with van der Waals surface area (Å²) in [6.07, 6.45) is 2.80. The molecule has 0 spiro atoms. The zero-order valence-electron chi connectivity index (χ0n) is 13.8. The highest BCUT2D eigenvalue weighted by molar-refractivity contribution is 7.17. The molecule has 0 saturated heterocycles. The minimum atomic E-state index is -0.274. The maximum Gasteiger partial charge on any atom is 0.311 e. The van der Waals surface area contributed by atoms with Gasteiger partial charge in [0, 0.05) is 16.6 Å². The van der Waals surface area contributed by atoms with Crippen molar-refractivity contribution in [2.75, 3.05) is 6.61 Å². The smallest absolute Gasteiger partial charge is 0.311 e. The molecule has 24 heavy (non-hydrogen) atoms. The van der Waals surface area contributed by atoms with Crippen LogP contribution in [-0.4, -0.2) is 28.2 Å². The van der Waals surface area contributed by atoms with E-state index in [1.54, 1.807) is 17.5 Å². The van der Waals surface area contributed by atoms with Crippen molar-refractivity contribution in [2.24, 2.45) is 0 Å². The van der Waals surface area contributed by atoms with E-state index in [0.717, 1.165) is 22.3 Å². The monoisotopic (exact) mass is 342 g/mol. The highest BCUT2D eigenvalue weighted by Crippen LogP contribution is 2.30. The summed E-state index contributed by atoms with van der Waals surface area (Å²) in [5, 5.41) is 0. The summed E-state index contributed by atoms with van der Waals surface area (Å²) < 4.78 is 6.71. The molecule has 0 amide bonds. The van der Waals surface area contributed by atoms with Crippen molar-refractivity contribution in [2.45, 2.75) is 27.2 Å². The molecule has 124 valence electrons. The summed E-state index contributed by atoms with van der Waals surface area (Å²) in [7, 11) is 0. The van der Waals surface area contributed by atoms with Crippen molar-refractivity contribution in [1.29, 1.82) is 0 Å². The SMILES string of the molecule is CCOC(=O)Cc1cn2c(C=O)c(-c3ccc(C)cc3C)nc2s1. The van der Waals surface area contributed by atoms with E-state index in [0.29, 0.717) is 23.0 Å². The first-order valence-electron chi connectivity index (χ1n) is 7.72. The fourth-order valence-corrected chi connectivity index (χ4v) is 3.70. The van der Waals surface area contributed by atoms with Crippen LogP contribution in [0.15, 0.2) is 24.4 Å². The first-order chi connectivity index (χ1) is 11.5. The molecule has 0 unspecified atom stereocenters. The Labute approximate surface area is 143 Å². The van der Waals surface area contributed by atoms with Crippen LogP contribution < -0.4 is 0 Å². The summed E-state index contributed by atoms with van der Waals surface area (Å²) in [5.74, 6) is -0.274. The molecule has 0 aliphatic rings. The van der Waals surface area contributed by atoms with Crippen LogP contribution in [-0.2, 0) is 16.0 Å². The molecule has 0 fully saturated rings. The Morgan fingerprint density at radius 1 is 1.38 bits per heavy atom. The third-order valence-electron chi connectivity index (χ3n) is 3.78. The van der Waals surface area contributed by atoms with Gasteiger partial charge in [-0.15, -0.1) is 11.3 Å². The van der Waals surface area contributed by atoms with Crippen LogP contribution >= 0.6 is 11.3 Å². The molecule has 0 bridgehead atoms. The molecular formula is C18H18N2O3S. The van der Waals surface area contributed by atoms with Crippen molar-refractivity contribution in [1.82, 2.24) is 9.38 Å². The van der Waals surface area contributed by atoms with Crippen molar-refractivity contribution in [3.63, 3.8) is 0 Å². The molecule has 5 nitrogen and oxygen atoms in total. The van der Waals surface area contributed by atoms with Gasteiger partial charge in [-0.1, -0.05) is 23.8 Å². The largest absolute Gasteiger partial charge is 0.466 e. The topological polar surface area (TPSA) is 60.7 Å². The molecule has 0 aliphatic carbocycles. The first kappa shape index (κ1) is 16.4. The van der Waals surface area contributed by atoms with Gasteiger partial charge in [0.2, 0.25) is 0 Å². The summed E-state index contributed by atoms with van der Waals surface area (Å²) in [6.45, 7) is 6.18. The second-order valence-electron chi connectivity index (χ2n) is 5.61. The maximum atomic E-state index is 11.6. The van der Waals surface area contributed by atoms with Crippen LogP contribution in [0.5, 0.6) is 0 Å². The van der Waals surface area contributed by atoms with E-state index in [2.05, 4.69) is 11.1 Å². The van der Waals surface area contributed by atoms with Crippen LogP contribution in [0.2, 0.25) is 0 Å². The minimum absolute atomic E-state index is 0.194. The number of imidazole rings is 1. The first-order valence-corrected chi connectivity index (χ1v) is 8.54. The molecular weight excluding hydrogens is 324 g/mol. The lowest BCUT2D eigenvalue weighted by Gasteiger charge is -2.05. The van der Waals surface area contributed by atoms with E-state index in [-0.39, 0.29) is 12.4 Å². The van der Waals surface area contributed by atoms with Gasteiger partial charge in [0.25, 0.3) is 0 Å². The number of nitrogens with zero attached hydrogens (tertiary/aromatic N) is 2. The van der Waals surface area contributed by atoms with Gasteiger partial charge in [-0.25, -0.2) is 4.98 Å². The minimum Gasteiger partial charge on any atom is -0.466 e. The van der Waals surface area contributed by atoms with Crippen LogP contribution in [0.4, 0.5) is 0 Å². The standard InChI is InChI=1S/C18H18N2O3S/c1-4-23-16(22)8-13-9-20-15(10-21)17(19-18(20)24-13)14-6-5-11(2)7-12(14)3/h5-7,9-10H,4,8H2,1-3H3. The second-order valence-corrected chi connectivity index (χ2v) is 6.71. The van der Waals surface area contributed by atoms with E-state index >= 15 is 0 Å². The third kappa shape index (κ3) is 2.97. The normalized spacial score (nSPS) is 11.0. The number of benzene rings is 1. The quantitative estimate of drug-likeness (QED) is 0.525. The van der Waals surface area contributed by atoms with E-state index in [9.17, 15) is 9.59 Å². The predicted octanol–water partition coefficient (Wildman–Crippen LogP) is 3.60. The van der Waals surface area contributed by atoms with Crippen molar-refractivity contribution >= 4 is 28.6 Å². The number of rotatable bonds is 5. The Kier molecular flexibility index (Phi) is 4.49. The number of ether oxygens (including phenoxy) is 1. The molecule has 0 atom stereocenters. The van der Waals surface area contributed by atoms with E-state index in [1.807, 2.05) is 26.0 Å². The molecule has 3 aromatic rings. The number of fused-ring (bicyclic) bond motifs is 1. The predicted molar refractivity (Wildman–Crippen MR) is 93.7 cm³/mol. The summed E-state index contributed by atoms with van der Waals surface area (Å²) in [6, 6.07) is 6.07. The van der Waals surface area contributed by atoms with Crippen LogP contribution in [0.25, 0.3) is 16.2 Å². The van der Waals surface area contributed by atoms with Crippen LogP contribution in [0, 0.1) is 13.8 Å². The lowest BCUT2D eigenvalue weighted by Crippen LogP contribution is -2.06. The average molecular weight is 342 g/mol. The molecule has 1 aromatic carbocycles. The molecule has 2 heterocycles. The maximum absolute atomic E-state index is 11.6. The number of carbonyl (C=O) groups excluding carboxylic acids is 2. The number of aryl methyl sites for hydroxylation is 2. The molecule has 0 saturated carbocycles. The van der Waals surface area contributed by atoms with Gasteiger partial charge in [-0.3, -0.25) is 14.0 Å². The van der Waals surface area contributed by atoms with Crippen molar-refractivity contribution in [3.05, 3.63) is 46.1 Å². The van der Waals surface area contributed by atoms with Crippen LogP contribution in [0.1, 0.15) is 33.4 Å². The lowest BCUT2D eigenvalue weighted by atomic mass is 10.0. The van der Waals surface area contributed by atoms with E-state index in [1.165, 1.54) is 16.9 Å². The number of thiazole rings is 1. The van der Waals surface area contributed by atoms with Crippen molar-refractivity contribution < 1.29 is 14.3 Å². The fraction of sp³-hybridized carbons (Fsp3) is 0.278.